The summed E-state index contributed by atoms with van der Waals surface area (Å²) in [4.78, 5) is 11.9. The third-order valence-corrected chi connectivity index (χ3v) is 3.91. The molecule has 2 aromatic rings. The Labute approximate surface area is 150 Å². The van der Waals surface area contributed by atoms with Gasteiger partial charge in [0.05, 0.1) is 12.6 Å². The van der Waals surface area contributed by atoms with E-state index in [0.717, 1.165) is 24.0 Å². The minimum absolute atomic E-state index is 0.170. The van der Waals surface area contributed by atoms with Crippen LogP contribution in [0.3, 0.4) is 0 Å². The van der Waals surface area contributed by atoms with E-state index < -0.39 is 6.09 Å². The van der Waals surface area contributed by atoms with Gasteiger partial charge in [-0.2, -0.15) is 0 Å². The molecule has 0 saturated heterocycles. The first-order chi connectivity index (χ1) is 12.2. The molecule has 0 spiro atoms. The van der Waals surface area contributed by atoms with Gasteiger partial charge in [0, 0.05) is 6.61 Å². The molecule has 0 aromatic heterocycles. The van der Waals surface area contributed by atoms with E-state index in [0.29, 0.717) is 13.2 Å². The Morgan fingerprint density at radius 1 is 1.08 bits per heavy atom. The van der Waals surface area contributed by atoms with Crippen molar-refractivity contribution in [2.45, 2.75) is 39.4 Å². The van der Waals surface area contributed by atoms with Crippen molar-refractivity contribution in [1.82, 2.24) is 5.32 Å². The van der Waals surface area contributed by atoms with Crippen molar-refractivity contribution in [3.05, 3.63) is 71.3 Å². The molecule has 0 aliphatic heterocycles. The lowest BCUT2D eigenvalue weighted by Gasteiger charge is -2.19. The number of aryl methyl sites for hydroxylation is 1. The summed E-state index contributed by atoms with van der Waals surface area (Å²) in [5, 5.41) is 2.81. The lowest BCUT2D eigenvalue weighted by Crippen LogP contribution is -2.30. The molecule has 4 heteroatoms. The summed E-state index contributed by atoms with van der Waals surface area (Å²) in [6, 6.07) is 17.8. The van der Waals surface area contributed by atoms with Crippen LogP contribution >= 0.6 is 0 Å². The highest BCUT2D eigenvalue weighted by Crippen LogP contribution is 2.18. The standard InChI is InChI=1S/C21H27NO3/c1-3-4-14-24-20(19-12-10-17(2)11-13-19)15-22-21(23)25-16-18-8-6-5-7-9-18/h5-13,20H,3-4,14-16H2,1-2H3,(H,22,23). The van der Waals surface area contributed by atoms with Crippen molar-refractivity contribution >= 4 is 6.09 Å². The maximum Gasteiger partial charge on any atom is 0.407 e. The molecule has 0 fully saturated rings. The van der Waals surface area contributed by atoms with Crippen LogP contribution in [-0.2, 0) is 16.1 Å². The SMILES string of the molecule is CCCCOC(CNC(=O)OCc1ccccc1)c1ccc(C)cc1. The first kappa shape index (κ1) is 19.0. The Balaban J connectivity index is 1.85. The quantitative estimate of drug-likeness (QED) is 0.668. The summed E-state index contributed by atoms with van der Waals surface area (Å²) < 4.78 is 11.2. The van der Waals surface area contributed by atoms with Gasteiger partial charge in [-0.25, -0.2) is 4.79 Å². The zero-order valence-electron chi connectivity index (χ0n) is 15.0. The summed E-state index contributed by atoms with van der Waals surface area (Å²) in [6.07, 6.45) is 1.48. The molecule has 25 heavy (non-hydrogen) atoms. The number of ether oxygens (including phenoxy) is 2. The van der Waals surface area contributed by atoms with Crippen LogP contribution in [0.25, 0.3) is 0 Å². The van der Waals surface area contributed by atoms with Crippen LogP contribution < -0.4 is 5.32 Å². The molecule has 0 aliphatic rings. The molecule has 2 aromatic carbocycles. The monoisotopic (exact) mass is 341 g/mol. The number of carbonyl (C=O) groups is 1. The molecule has 0 aliphatic carbocycles. The van der Waals surface area contributed by atoms with Gasteiger partial charge >= 0.3 is 6.09 Å². The number of rotatable bonds is 9. The molecule has 1 atom stereocenters. The van der Waals surface area contributed by atoms with Gasteiger partial charge in [-0.15, -0.1) is 0 Å². The second-order valence-electron chi connectivity index (χ2n) is 6.07. The Bertz CT molecular complexity index is 625. The van der Waals surface area contributed by atoms with Gasteiger partial charge in [0.25, 0.3) is 0 Å². The average Bonchev–Trinajstić information content (AvgIpc) is 2.64. The Morgan fingerprint density at radius 3 is 2.48 bits per heavy atom. The molecular formula is C21H27NO3. The fraction of sp³-hybridized carbons (Fsp3) is 0.381. The molecule has 0 radical (unpaired) electrons. The summed E-state index contributed by atoms with van der Waals surface area (Å²) in [5.41, 5.74) is 3.23. The van der Waals surface area contributed by atoms with Gasteiger partial charge in [0.1, 0.15) is 6.61 Å². The maximum absolute atomic E-state index is 11.9. The molecule has 0 bridgehead atoms. The zero-order chi connectivity index (χ0) is 17.9. The number of alkyl carbamates (subject to hydrolysis) is 1. The van der Waals surface area contributed by atoms with Crippen molar-refractivity contribution in [2.24, 2.45) is 0 Å². The fourth-order valence-electron chi connectivity index (χ4n) is 2.37. The highest BCUT2D eigenvalue weighted by Gasteiger charge is 2.14. The molecule has 1 amide bonds. The Hall–Kier alpha value is -2.33. The minimum Gasteiger partial charge on any atom is -0.445 e. The first-order valence-electron chi connectivity index (χ1n) is 8.81. The van der Waals surface area contributed by atoms with Crippen LogP contribution in [0.5, 0.6) is 0 Å². The number of amides is 1. The molecule has 1 unspecified atom stereocenters. The van der Waals surface area contributed by atoms with Crippen LogP contribution in [0, 0.1) is 6.92 Å². The molecule has 4 nitrogen and oxygen atoms in total. The predicted molar refractivity (Wildman–Crippen MR) is 99.4 cm³/mol. The molecular weight excluding hydrogens is 314 g/mol. The smallest absolute Gasteiger partial charge is 0.407 e. The van der Waals surface area contributed by atoms with Gasteiger partial charge in [0.2, 0.25) is 0 Å². The molecule has 2 rings (SSSR count). The lowest BCUT2D eigenvalue weighted by molar-refractivity contribution is 0.0484. The van der Waals surface area contributed by atoms with Crippen LogP contribution in [0.15, 0.2) is 54.6 Å². The van der Waals surface area contributed by atoms with Gasteiger partial charge < -0.3 is 14.8 Å². The first-order valence-corrected chi connectivity index (χ1v) is 8.81. The second-order valence-corrected chi connectivity index (χ2v) is 6.07. The third-order valence-electron chi connectivity index (χ3n) is 3.91. The van der Waals surface area contributed by atoms with E-state index in [9.17, 15) is 4.79 Å². The number of nitrogens with one attached hydrogen (secondary N) is 1. The number of hydrogen-bond donors (Lipinski definition) is 1. The fourth-order valence-corrected chi connectivity index (χ4v) is 2.37. The Kier molecular flexibility index (Phi) is 7.99. The van der Waals surface area contributed by atoms with E-state index in [1.807, 2.05) is 42.5 Å². The van der Waals surface area contributed by atoms with Gasteiger partial charge in [-0.3, -0.25) is 0 Å². The van der Waals surface area contributed by atoms with Crippen LogP contribution in [0.4, 0.5) is 4.79 Å². The largest absolute Gasteiger partial charge is 0.445 e. The summed E-state index contributed by atoms with van der Waals surface area (Å²) in [6.45, 7) is 5.51. The van der Waals surface area contributed by atoms with E-state index in [-0.39, 0.29) is 12.7 Å². The number of benzene rings is 2. The lowest BCUT2D eigenvalue weighted by atomic mass is 10.1. The van der Waals surface area contributed by atoms with Gasteiger partial charge in [-0.05, 0) is 24.5 Å². The van der Waals surface area contributed by atoms with E-state index in [1.54, 1.807) is 0 Å². The van der Waals surface area contributed by atoms with Gasteiger partial charge in [0.15, 0.2) is 0 Å². The topological polar surface area (TPSA) is 47.6 Å². The van der Waals surface area contributed by atoms with E-state index in [4.69, 9.17) is 9.47 Å². The van der Waals surface area contributed by atoms with Gasteiger partial charge in [-0.1, -0.05) is 73.5 Å². The van der Waals surface area contributed by atoms with Crippen molar-refractivity contribution in [2.75, 3.05) is 13.2 Å². The minimum atomic E-state index is -0.431. The van der Waals surface area contributed by atoms with E-state index in [2.05, 4.69) is 31.3 Å². The number of carbonyl (C=O) groups excluding carboxylic acids is 1. The summed E-state index contributed by atoms with van der Waals surface area (Å²) >= 11 is 0. The second kappa shape index (κ2) is 10.5. The van der Waals surface area contributed by atoms with Crippen molar-refractivity contribution in [3.8, 4) is 0 Å². The van der Waals surface area contributed by atoms with Crippen molar-refractivity contribution in [3.63, 3.8) is 0 Å². The summed E-state index contributed by atoms with van der Waals surface area (Å²) in [5.74, 6) is 0. The van der Waals surface area contributed by atoms with Crippen LogP contribution in [0.2, 0.25) is 0 Å². The molecule has 134 valence electrons. The third kappa shape index (κ3) is 6.98. The predicted octanol–water partition coefficient (Wildman–Crippen LogP) is 4.78. The van der Waals surface area contributed by atoms with Crippen LogP contribution in [-0.4, -0.2) is 19.2 Å². The van der Waals surface area contributed by atoms with Crippen molar-refractivity contribution in [1.29, 1.82) is 0 Å². The highest BCUT2D eigenvalue weighted by molar-refractivity contribution is 5.67. The van der Waals surface area contributed by atoms with E-state index in [1.165, 1.54) is 5.56 Å². The van der Waals surface area contributed by atoms with Crippen LogP contribution in [0.1, 0.15) is 42.6 Å². The zero-order valence-corrected chi connectivity index (χ0v) is 15.0. The normalized spacial score (nSPS) is 11.8. The summed E-state index contributed by atoms with van der Waals surface area (Å²) in [7, 11) is 0. The molecule has 0 heterocycles. The maximum atomic E-state index is 11.9. The highest BCUT2D eigenvalue weighted by atomic mass is 16.5. The molecule has 0 saturated carbocycles. The number of hydrogen-bond acceptors (Lipinski definition) is 3. The van der Waals surface area contributed by atoms with Crippen molar-refractivity contribution < 1.29 is 14.3 Å². The Morgan fingerprint density at radius 2 is 1.80 bits per heavy atom. The average molecular weight is 341 g/mol. The van der Waals surface area contributed by atoms with E-state index >= 15 is 0 Å². The number of unbranched alkanes of at least 4 members (excludes halogenated alkanes) is 1. The molecule has 1 N–H and O–H groups in total.